The maximum atomic E-state index is 11.9. The van der Waals surface area contributed by atoms with Crippen LogP contribution in [0.1, 0.15) is 30.3 Å². The Hall–Kier alpha value is -2.21. The molecule has 0 saturated carbocycles. The van der Waals surface area contributed by atoms with Gasteiger partial charge in [-0.1, -0.05) is 11.3 Å². The fourth-order valence-corrected chi connectivity index (χ4v) is 3.09. The summed E-state index contributed by atoms with van der Waals surface area (Å²) in [5, 5.41) is 10.2. The topological polar surface area (TPSA) is 67.5 Å². The first-order valence-electron chi connectivity index (χ1n) is 6.22. The maximum Gasteiger partial charge on any atom is 0.310 e. The Kier molecular flexibility index (Phi) is 3.02. The number of pyridine rings is 1. The summed E-state index contributed by atoms with van der Waals surface area (Å²) in [6.45, 7) is 3.72. The molecule has 0 bridgehead atoms. The molecule has 2 aromatic heterocycles. The van der Waals surface area contributed by atoms with Crippen LogP contribution in [0.5, 0.6) is 5.88 Å². The van der Waals surface area contributed by atoms with E-state index in [-0.39, 0.29) is 16.8 Å². The lowest BCUT2D eigenvalue weighted by Gasteiger charge is -2.06. The first-order chi connectivity index (χ1) is 9.58. The van der Waals surface area contributed by atoms with E-state index in [0.29, 0.717) is 4.88 Å². The molecule has 20 heavy (non-hydrogen) atoms. The van der Waals surface area contributed by atoms with Gasteiger partial charge in [-0.3, -0.25) is 19.3 Å². The van der Waals surface area contributed by atoms with Gasteiger partial charge in [-0.05, 0) is 26.0 Å². The summed E-state index contributed by atoms with van der Waals surface area (Å²) in [6, 6.07) is 1.76. The normalized spacial score (nSPS) is 15.2. The fraction of sp³-hybridized carbons (Fsp3) is 0.214. The molecule has 0 aromatic carbocycles. The number of rotatable bonds is 2. The Morgan fingerprint density at radius 2 is 2.25 bits per heavy atom. The van der Waals surface area contributed by atoms with Crippen molar-refractivity contribution >= 4 is 34.9 Å². The van der Waals surface area contributed by atoms with E-state index in [1.807, 2.05) is 19.9 Å². The van der Waals surface area contributed by atoms with Gasteiger partial charge < -0.3 is 5.11 Å². The highest BCUT2D eigenvalue weighted by molar-refractivity contribution is 7.10. The van der Waals surface area contributed by atoms with E-state index in [2.05, 4.69) is 9.98 Å². The maximum absolute atomic E-state index is 11.9. The van der Waals surface area contributed by atoms with Crippen molar-refractivity contribution < 1.29 is 5.11 Å². The Balaban J connectivity index is 2.10. The van der Waals surface area contributed by atoms with Crippen molar-refractivity contribution in [1.29, 1.82) is 0 Å². The summed E-state index contributed by atoms with van der Waals surface area (Å²) in [4.78, 5) is 20.6. The number of fused-ring (bicyclic) bond motifs is 1. The van der Waals surface area contributed by atoms with Crippen LogP contribution in [-0.4, -0.2) is 20.9 Å². The lowest BCUT2D eigenvalue weighted by atomic mass is 10.1. The number of hydrogen-bond donors (Lipinski definition) is 1. The van der Waals surface area contributed by atoms with E-state index in [4.69, 9.17) is 0 Å². The molecule has 3 heterocycles. The summed E-state index contributed by atoms with van der Waals surface area (Å²) in [7, 11) is 0. The number of aromatic hydroxyl groups is 1. The molecule has 1 N–H and O–H groups in total. The van der Waals surface area contributed by atoms with Crippen molar-refractivity contribution in [2.24, 2.45) is 4.99 Å². The van der Waals surface area contributed by atoms with Crippen LogP contribution in [0.4, 0.5) is 5.69 Å². The third-order valence-electron chi connectivity index (χ3n) is 3.10. The van der Waals surface area contributed by atoms with Gasteiger partial charge in [0, 0.05) is 35.8 Å². The molecule has 0 spiro atoms. The van der Waals surface area contributed by atoms with Crippen molar-refractivity contribution in [2.45, 2.75) is 19.9 Å². The van der Waals surface area contributed by atoms with Gasteiger partial charge in [-0.15, -0.1) is 0 Å². The predicted octanol–water partition coefficient (Wildman–Crippen LogP) is 2.85. The molecule has 0 fully saturated rings. The summed E-state index contributed by atoms with van der Waals surface area (Å²) in [6.07, 6.45) is 6.91. The van der Waals surface area contributed by atoms with Gasteiger partial charge in [0.15, 0.2) is 0 Å². The van der Waals surface area contributed by atoms with Crippen molar-refractivity contribution in [3.05, 3.63) is 38.6 Å². The highest BCUT2D eigenvalue weighted by Crippen LogP contribution is 2.34. The van der Waals surface area contributed by atoms with Crippen LogP contribution >= 0.6 is 11.3 Å². The number of nitrogens with zero attached hydrogens (tertiary/aromatic N) is 3. The number of thiazole rings is 1. The van der Waals surface area contributed by atoms with Gasteiger partial charge in [-0.25, -0.2) is 0 Å². The molecule has 3 rings (SSSR count). The molecule has 2 aromatic rings. The largest absolute Gasteiger partial charge is 0.493 e. The van der Waals surface area contributed by atoms with Crippen LogP contribution in [0.3, 0.4) is 0 Å². The smallest absolute Gasteiger partial charge is 0.310 e. The predicted molar refractivity (Wildman–Crippen MR) is 80.9 cm³/mol. The number of allylic oxidation sites excluding steroid dienone is 1. The van der Waals surface area contributed by atoms with Crippen molar-refractivity contribution in [1.82, 2.24) is 9.55 Å². The molecule has 1 aliphatic heterocycles. The molecule has 1 aliphatic rings. The molecule has 102 valence electrons. The van der Waals surface area contributed by atoms with Gasteiger partial charge in [0.05, 0.1) is 10.6 Å². The van der Waals surface area contributed by atoms with Gasteiger partial charge >= 0.3 is 4.87 Å². The van der Waals surface area contributed by atoms with E-state index in [0.717, 1.165) is 28.2 Å². The zero-order valence-electron chi connectivity index (χ0n) is 11.1. The summed E-state index contributed by atoms with van der Waals surface area (Å²) in [5.74, 6) is 0.00763. The average Bonchev–Trinajstić information content (AvgIpc) is 2.93. The SMILES string of the molecule is CC(C)n1c(O)c(/C=C2\C=Nc3ccncc32)sc1=O. The van der Waals surface area contributed by atoms with E-state index in [9.17, 15) is 9.90 Å². The molecular formula is C14H13N3O2S. The van der Waals surface area contributed by atoms with Crippen molar-refractivity contribution in [3.63, 3.8) is 0 Å². The van der Waals surface area contributed by atoms with Gasteiger partial charge in [0.1, 0.15) is 0 Å². The number of aromatic nitrogens is 2. The Morgan fingerprint density at radius 1 is 1.45 bits per heavy atom. The van der Waals surface area contributed by atoms with Crippen LogP contribution in [0.2, 0.25) is 0 Å². The molecule has 6 heteroatoms. The van der Waals surface area contributed by atoms with E-state index < -0.39 is 0 Å². The second-order valence-electron chi connectivity index (χ2n) is 4.77. The minimum Gasteiger partial charge on any atom is -0.493 e. The molecule has 0 saturated heterocycles. The summed E-state index contributed by atoms with van der Waals surface area (Å²) in [5.41, 5.74) is 2.60. The van der Waals surface area contributed by atoms with E-state index in [1.54, 1.807) is 24.7 Å². The highest BCUT2D eigenvalue weighted by atomic mass is 32.1. The molecular weight excluding hydrogens is 274 g/mol. The zero-order chi connectivity index (χ0) is 14.3. The molecule has 0 amide bonds. The average molecular weight is 287 g/mol. The third kappa shape index (κ3) is 1.98. The lowest BCUT2D eigenvalue weighted by molar-refractivity contribution is 0.395. The van der Waals surface area contributed by atoms with Gasteiger partial charge in [0.2, 0.25) is 5.88 Å². The second kappa shape index (κ2) is 4.72. The van der Waals surface area contributed by atoms with E-state index in [1.165, 1.54) is 4.57 Å². The first kappa shape index (κ1) is 12.8. The highest BCUT2D eigenvalue weighted by Gasteiger charge is 2.17. The van der Waals surface area contributed by atoms with Gasteiger partial charge in [0.25, 0.3) is 0 Å². The molecule has 0 aliphatic carbocycles. The van der Waals surface area contributed by atoms with Crippen LogP contribution < -0.4 is 4.87 Å². The Morgan fingerprint density at radius 3 is 2.95 bits per heavy atom. The Labute approximate surface area is 119 Å². The third-order valence-corrected chi connectivity index (χ3v) is 3.99. The van der Waals surface area contributed by atoms with Crippen molar-refractivity contribution in [3.8, 4) is 5.88 Å². The zero-order valence-corrected chi connectivity index (χ0v) is 11.9. The monoisotopic (exact) mass is 287 g/mol. The van der Waals surface area contributed by atoms with Gasteiger partial charge in [-0.2, -0.15) is 0 Å². The number of aliphatic imine (C=N–C) groups is 1. The summed E-state index contributed by atoms with van der Waals surface area (Å²) < 4.78 is 1.38. The van der Waals surface area contributed by atoms with Crippen molar-refractivity contribution in [2.75, 3.05) is 0 Å². The molecule has 5 nitrogen and oxygen atoms in total. The minimum atomic E-state index is -0.161. The van der Waals surface area contributed by atoms with Crippen LogP contribution in [0.25, 0.3) is 11.6 Å². The minimum absolute atomic E-state index is 0.00763. The lowest BCUT2D eigenvalue weighted by Crippen LogP contribution is -2.14. The molecule has 0 atom stereocenters. The Bertz CT molecular complexity index is 784. The van der Waals surface area contributed by atoms with Crippen LogP contribution in [0, 0.1) is 0 Å². The summed E-state index contributed by atoms with van der Waals surface area (Å²) >= 11 is 1.03. The standard InChI is InChI=1S/C14H13N3O2S/c1-8(2)17-13(18)12(20-14(17)19)5-9-6-16-11-3-4-15-7-10(9)11/h3-8,18H,1-2H3/b9-5+. The molecule has 0 radical (unpaired) electrons. The quantitative estimate of drug-likeness (QED) is 0.923. The second-order valence-corrected chi connectivity index (χ2v) is 5.76. The first-order valence-corrected chi connectivity index (χ1v) is 7.04. The fourth-order valence-electron chi connectivity index (χ4n) is 2.13. The van der Waals surface area contributed by atoms with Crippen LogP contribution in [-0.2, 0) is 0 Å². The van der Waals surface area contributed by atoms with E-state index >= 15 is 0 Å². The number of hydrogen-bond acceptors (Lipinski definition) is 5. The molecule has 0 unspecified atom stereocenters. The van der Waals surface area contributed by atoms with Crippen LogP contribution in [0.15, 0.2) is 28.2 Å².